The first-order valence-corrected chi connectivity index (χ1v) is 3.73. The highest BCUT2D eigenvalue weighted by Crippen LogP contribution is 1.89. The van der Waals surface area contributed by atoms with E-state index in [1.165, 1.54) is 6.21 Å². The monoisotopic (exact) mass is 192 g/mol. The topological polar surface area (TPSA) is 97.4 Å². The molecular formula is C8H8N4O2. The molecule has 0 fully saturated rings. The SMILES string of the molecule is NC(=O)C(=O)NN=Cc1cccnc1. The summed E-state index contributed by atoms with van der Waals surface area (Å²) in [5.41, 5.74) is 7.34. The molecule has 1 aromatic rings. The Kier molecular flexibility index (Phi) is 3.31. The molecule has 0 saturated carbocycles. The number of primary amides is 1. The molecule has 1 rings (SSSR count). The van der Waals surface area contributed by atoms with Gasteiger partial charge in [-0.2, -0.15) is 5.10 Å². The number of aromatic nitrogens is 1. The van der Waals surface area contributed by atoms with Crippen molar-refractivity contribution in [3.05, 3.63) is 30.1 Å². The number of hydrazone groups is 1. The second kappa shape index (κ2) is 4.70. The first kappa shape index (κ1) is 9.85. The van der Waals surface area contributed by atoms with E-state index in [2.05, 4.69) is 15.8 Å². The average Bonchev–Trinajstić information content (AvgIpc) is 2.19. The lowest BCUT2D eigenvalue weighted by molar-refractivity contribution is -0.137. The van der Waals surface area contributed by atoms with Crippen LogP contribution in [-0.2, 0) is 9.59 Å². The van der Waals surface area contributed by atoms with E-state index in [9.17, 15) is 9.59 Å². The molecule has 0 saturated heterocycles. The van der Waals surface area contributed by atoms with Crippen molar-refractivity contribution in [1.82, 2.24) is 10.4 Å². The molecule has 0 aliphatic rings. The summed E-state index contributed by atoms with van der Waals surface area (Å²) < 4.78 is 0. The van der Waals surface area contributed by atoms with Crippen molar-refractivity contribution in [2.45, 2.75) is 0 Å². The second-order valence-electron chi connectivity index (χ2n) is 2.35. The van der Waals surface area contributed by atoms with Crippen LogP contribution in [0, 0.1) is 0 Å². The number of amides is 2. The van der Waals surface area contributed by atoms with Crippen LogP contribution in [0.4, 0.5) is 0 Å². The summed E-state index contributed by atoms with van der Waals surface area (Å²) in [6.45, 7) is 0. The number of carbonyl (C=O) groups is 2. The second-order valence-corrected chi connectivity index (χ2v) is 2.35. The predicted molar refractivity (Wildman–Crippen MR) is 49.2 cm³/mol. The van der Waals surface area contributed by atoms with E-state index < -0.39 is 11.8 Å². The van der Waals surface area contributed by atoms with Crippen molar-refractivity contribution < 1.29 is 9.59 Å². The summed E-state index contributed by atoms with van der Waals surface area (Å²) in [7, 11) is 0. The third kappa shape index (κ3) is 3.02. The molecule has 0 aliphatic heterocycles. The fourth-order valence-corrected chi connectivity index (χ4v) is 0.673. The smallest absolute Gasteiger partial charge is 0.329 e. The van der Waals surface area contributed by atoms with E-state index in [1.54, 1.807) is 24.5 Å². The fraction of sp³-hybridized carbons (Fsp3) is 0. The Morgan fingerprint density at radius 2 is 2.36 bits per heavy atom. The van der Waals surface area contributed by atoms with Gasteiger partial charge in [0.25, 0.3) is 0 Å². The first-order valence-electron chi connectivity index (χ1n) is 3.73. The van der Waals surface area contributed by atoms with E-state index in [0.717, 1.165) is 0 Å². The minimum Gasteiger partial charge on any atom is -0.361 e. The van der Waals surface area contributed by atoms with Crippen LogP contribution in [0.3, 0.4) is 0 Å². The van der Waals surface area contributed by atoms with Gasteiger partial charge in [0, 0.05) is 18.0 Å². The van der Waals surface area contributed by atoms with Crippen LogP contribution in [-0.4, -0.2) is 23.0 Å². The number of pyridine rings is 1. The Morgan fingerprint density at radius 3 is 2.93 bits per heavy atom. The Bertz CT molecular complexity index is 361. The number of rotatable bonds is 2. The van der Waals surface area contributed by atoms with E-state index >= 15 is 0 Å². The highest BCUT2D eigenvalue weighted by molar-refractivity contribution is 6.34. The van der Waals surface area contributed by atoms with Gasteiger partial charge >= 0.3 is 11.8 Å². The lowest BCUT2D eigenvalue weighted by atomic mass is 10.3. The first-order chi connectivity index (χ1) is 6.70. The molecule has 2 amide bonds. The summed E-state index contributed by atoms with van der Waals surface area (Å²) in [5.74, 6) is -2.03. The van der Waals surface area contributed by atoms with Crippen LogP contribution in [0.25, 0.3) is 0 Å². The molecular weight excluding hydrogens is 184 g/mol. The van der Waals surface area contributed by atoms with Crippen LogP contribution >= 0.6 is 0 Å². The summed E-state index contributed by atoms with van der Waals surface area (Å²) >= 11 is 0. The van der Waals surface area contributed by atoms with Gasteiger partial charge in [-0.15, -0.1) is 0 Å². The number of hydrogen-bond acceptors (Lipinski definition) is 4. The van der Waals surface area contributed by atoms with E-state index in [-0.39, 0.29) is 0 Å². The van der Waals surface area contributed by atoms with Gasteiger partial charge in [0.2, 0.25) is 0 Å². The van der Waals surface area contributed by atoms with E-state index in [4.69, 9.17) is 0 Å². The van der Waals surface area contributed by atoms with Crippen LogP contribution < -0.4 is 11.2 Å². The number of nitrogens with zero attached hydrogens (tertiary/aromatic N) is 2. The molecule has 0 aromatic carbocycles. The van der Waals surface area contributed by atoms with Gasteiger partial charge in [-0.05, 0) is 6.07 Å². The molecule has 0 radical (unpaired) electrons. The quantitative estimate of drug-likeness (QED) is 0.358. The van der Waals surface area contributed by atoms with Crippen molar-refractivity contribution in [3.63, 3.8) is 0 Å². The average molecular weight is 192 g/mol. The molecule has 6 nitrogen and oxygen atoms in total. The van der Waals surface area contributed by atoms with Gasteiger partial charge in [-0.1, -0.05) is 6.07 Å². The van der Waals surface area contributed by atoms with Gasteiger partial charge in [0.15, 0.2) is 0 Å². The number of carbonyl (C=O) groups excluding carboxylic acids is 2. The van der Waals surface area contributed by atoms with Crippen LogP contribution in [0.2, 0.25) is 0 Å². The van der Waals surface area contributed by atoms with Crippen LogP contribution in [0.5, 0.6) is 0 Å². The summed E-state index contributed by atoms with van der Waals surface area (Å²) in [6, 6.07) is 3.46. The van der Waals surface area contributed by atoms with Gasteiger partial charge in [0.05, 0.1) is 6.21 Å². The van der Waals surface area contributed by atoms with Crippen LogP contribution in [0.1, 0.15) is 5.56 Å². The molecule has 1 aromatic heterocycles. The van der Waals surface area contributed by atoms with Gasteiger partial charge in [-0.3, -0.25) is 14.6 Å². The van der Waals surface area contributed by atoms with E-state index in [1.807, 2.05) is 5.43 Å². The Hall–Kier alpha value is -2.24. The molecule has 3 N–H and O–H groups in total. The molecule has 0 aliphatic carbocycles. The molecule has 0 unspecified atom stereocenters. The standard InChI is InChI=1S/C8H8N4O2/c9-7(13)8(14)12-11-5-6-2-1-3-10-4-6/h1-5H,(H2,9,13)(H,12,14). The molecule has 72 valence electrons. The van der Waals surface area contributed by atoms with E-state index in [0.29, 0.717) is 5.56 Å². The molecule has 0 bridgehead atoms. The largest absolute Gasteiger partial charge is 0.361 e. The maximum absolute atomic E-state index is 10.6. The molecule has 0 atom stereocenters. The summed E-state index contributed by atoms with van der Waals surface area (Å²) in [4.78, 5) is 24.7. The Morgan fingerprint density at radius 1 is 1.57 bits per heavy atom. The minimum atomic E-state index is -1.08. The highest BCUT2D eigenvalue weighted by Gasteiger charge is 2.04. The zero-order chi connectivity index (χ0) is 10.4. The lowest BCUT2D eigenvalue weighted by Gasteiger charge is -1.93. The summed E-state index contributed by atoms with van der Waals surface area (Å²) in [5, 5.41) is 3.50. The van der Waals surface area contributed by atoms with Crippen molar-refractivity contribution >= 4 is 18.0 Å². The fourth-order valence-electron chi connectivity index (χ4n) is 0.673. The van der Waals surface area contributed by atoms with Crippen molar-refractivity contribution in [2.24, 2.45) is 10.8 Å². The molecule has 1 heterocycles. The zero-order valence-electron chi connectivity index (χ0n) is 7.18. The lowest BCUT2D eigenvalue weighted by Crippen LogP contribution is -2.32. The maximum atomic E-state index is 10.6. The zero-order valence-corrected chi connectivity index (χ0v) is 7.18. The summed E-state index contributed by atoms with van der Waals surface area (Å²) in [6.07, 6.45) is 4.52. The number of hydrogen-bond donors (Lipinski definition) is 2. The third-order valence-corrected chi connectivity index (χ3v) is 1.29. The number of nitrogens with two attached hydrogens (primary N) is 1. The van der Waals surface area contributed by atoms with Crippen molar-refractivity contribution in [3.8, 4) is 0 Å². The highest BCUT2D eigenvalue weighted by atomic mass is 16.2. The minimum absolute atomic E-state index is 0.706. The molecule has 0 spiro atoms. The third-order valence-electron chi connectivity index (χ3n) is 1.29. The van der Waals surface area contributed by atoms with Crippen LogP contribution in [0.15, 0.2) is 29.6 Å². The Labute approximate surface area is 79.8 Å². The van der Waals surface area contributed by atoms with Gasteiger partial charge < -0.3 is 5.73 Å². The molecule has 6 heteroatoms. The Balaban J connectivity index is 2.50. The normalized spacial score (nSPS) is 10.0. The predicted octanol–water partition coefficient (Wildman–Crippen LogP) is -0.983. The molecule has 14 heavy (non-hydrogen) atoms. The van der Waals surface area contributed by atoms with Gasteiger partial charge in [-0.25, -0.2) is 5.43 Å². The maximum Gasteiger partial charge on any atom is 0.329 e. The number of nitrogens with one attached hydrogen (secondary N) is 1. The van der Waals surface area contributed by atoms with Crippen molar-refractivity contribution in [1.29, 1.82) is 0 Å². The van der Waals surface area contributed by atoms with Gasteiger partial charge in [0.1, 0.15) is 0 Å². The van der Waals surface area contributed by atoms with Crippen molar-refractivity contribution in [2.75, 3.05) is 0 Å².